The highest BCUT2D eigenvalue weighted by molar-refractivity contribution is 6.01. The Morgan fingerprint density at radius 3 is 2.59 bits per heavy atom. The van der Waals surface area contributed by atoms with Crippen LogP contribution in [0.2, 0.25) is 0 Å². The van der Waals surface area contributed by atoms with Gasteiger partial charge in [0.05, 0.1) is 18.1 Å². The normalized spacial score (nSPS) is 24.5. The molecule has 6 rings (SSSR count). The summed E-state index contributed by atoms with van der Waals surface area (Å²) in [4.78, 5) is 47.6. The molecule has 1 saturated carbocycles. The number of aryl methyl sites for hydroxylation is 1. The fraction of sp³-hybridized carbons (Fsp3) is 0.393. The molecule has 0 radical (unpaired) electrons. The van der Waals surface area contributed by atoms with E-state index >= 15 is 0 Å². The van der Waals surface area contributed by atoms with E-state index in [1.165, 1.54) is 4.90 Å². The molecule has 2 aliphatic heterocycles. The number of hydrogen-bond acceptors (Lipinski definition) is 8. The molecule has 1 aromatic heterocycles. The van der Waals surface area contributed by atoms with Gasteiger partial charge in [0.2, 0.25) is 23.5 Å². The SMILES string of the molecule is Cc1cccc(NC(=O)CN2C(=O)N(Cc3nc(-c4ccccc4)no3)C(=O)C3CC4OCOC4CC32)c1C. The van der Waals surface area contributed by atoms with E-state index in [1.54, 1.807) is 0 Å². The highest BCUT2D eigenvalue weighted by Crippen LogP contribution is 2.39. The van der Waals surface area contributed by atoms with Crippen LogP contribution in [0.25, 0.3) is 11.4 Å². The molecule has 3 fully saturated rings. The van der Waals surface area contributed by atoms with Crippen LogP contribution in [0.3, 0.4) is 0 Å². The quantitative estimate of drug-likeness (QED) is 0.514. The minimum absolute atomic E-state index is 0.128. The number of ether oxygens (including phenoxy) is 2. The number of imide groups is 1. The Morgan fingerprint density at radius 2 is 1.79 bits per heavy atom. The third kappa shape index (κ3) is 4.79. The van der Waals surface area contributed by atoms with E-state index in [9.17, 15) is 14.4 Å². The second-order valence-electron chi connectivity index (χ2n) is 10.2. The van der Waals surface area contributed by atoms with Crippen molar-refractivity contribution in [2.45, 2.75) is 51.5 Å². The molecule has 202 valence electrons. The summed E-state index contributed by atoms with van der Waals surface area (Å²) in [5.41, 5.74) is 3.44. The molecule has 3 aliphatic rings. The lowest BCUT2D eigenvalue weighted by atomic mass is 9.78. The third-order valence-electron chi connectivity index (χ3n) is 7.85. The first-order valence-corrected chi connectivity index (χ1v) is 13.0. The topological polar surface area (TPSA) is 127 Å². The molecule has 4 amide bonds. The molecule has 4 atom stereocenters. The largest absolute Gasteiger partial charge is 0.349 e. The number of anilines is 1. The molecule has 2 saturated heterocycles. The van der Waals surface area contributed by atoms with E-state index in [1.807, 2.05) is 62.4 Å². The Morgan fingerprint density at radius 1 is 1.03 bits per heavy atom. The smallest absolute Gasteiger partial charge is 0.327 e. The maximum absolute atomic E-state index is 13.8. The molecular weight excluding hydrogens is 502 g/mol. The van der Waals surface area contributed by atoms with Gasteiger partial charge >= 0.3 is 6.03 Å². The van der Waals surface area contributed by atoms with Gasteiger partial charge in [-0.3, -0.25) is 14.5 Å². The van der Waals surface area contributed by atoms with Crippen molar-refractivity contribution in [3.8, 4) is 11.4 Å². The van der Waals surface area contributed by atoms with Crippen molar-refractivity contribution in [1.82, 2.24) is 19.9 Å². The van der Waals surface area contributed by atoms with Gasteiger partial charge in [-0.2, -0.15) is 4.98 Å². The molecule has 0 spiro atoms. The summed E-state index contributed by atoms with van der Waals surface area (Å²) < 4.78 is 16.8. The number of nitrogens with zero attached hydrogens (tertiary/aromatic N) is 4. The fourth-order valence-electron chi connectivity index (χ4n) is 5.60. The summed E-state index contributed by atoms with van der Waals surface area (Å²) in [7, 11) is 0. The lowest BCUT2D eigenvalue weighted by Crippen LogP contribution is -2.65. The van der Waals surface area contributed by atoms with Crippen LogP contribution in [0.15, 0.2) is 53.1 Å². The average molecular weight is 532 g/mol. The van der Waals surface area contributed by atoms with E-state index in [4.69, 9.17) is 14.0 Å². The zero-order valence-corrected chi connectivity index (χ0v) is 21.7. The van der Waals surface area contributed by atoms with Gasteiger partial charge in [-0.1, -0.05) is 47.6 Å². The molecule has 1 aliphatic carbocycles. The summed E-state index contributed by atoms with van der Waals surface area (Å²) in [6.45, 7) is 3.64. The van der Waals surface area contributed by atoms with Gasteiger partial charge in [0.25, 0.3) is 0 Å². The number of carbonyl (C=O) groups excluding carboxylic acids is 3. The standard InChI is InChI=1S/C28H29N5O6/c1-16-7-6-10-20(17(16)2)29-24(34)13-32-21-12-23-22(37-15-38-23)11-19(21)27(35)33(28(32)36)14-25-30-26(31-39-25)18-8-4-3-5-9-18/h3-10,19,21-23H,11-15H2,1-2H3,(H,29,34). The minimum Gasteiger partial charge on any atom is -0.349 e. The number of carbonyl (C=O) groups is 3. The molecule has 1 N–H and O–H groups in total. The summed E-state index contributed by atoms with van der Waals surface area (Å²) in [6.07, 6.45) is 0.346. The van der Waals surface area contributed by atoms with Gasteiger partial charge in [0, 0.05) is 17.3 Å². The van der Waals surface area contributed by atoms with Gasteiger partial charge in [-0.25, -0.2) is 4.79 Å². The number of nitrogens with one attached hydrogen (secondary N) is 1. The summed E-state index contributed by atoms with van der Waals surface area (Å²) in [5.74, 6) is -0.745. The average Bonchev–Trinajstić information content (AvgIpc) is 3.61. The van der Waals surface area contributed by atoms with Crippen molar-refractivity contribution in [1.29, 1.82) is 0 Å². The number of rotatable bonds is 6. The van der Waals surface area contributed by atoms with Crippen molar-refractivity contribution < 1.29 is 28.4 Å². The van der Waals surface area contributed by atoms with Crippen molar-refractivity contribution in [3.63, 3.8) is 0 Å². The van der Waals surface area contributed by atoms with Crippen LogP contribution >= 0.6 is 0 Å². The van der Waals surface area contributed by atoms with Crippen LogP contribution in [0.5, 0.6) is 0 Å². The predicted molar refractivity (Wildman–Crippen MR) is 138 cm³/mol. The molecule has 11 heteroatoms. The van der Waals surface area contributed by atoms with Crippen LogP contribution in [0.1, 0.15) is 29.9 Å². The van der Waals surface area contributed by atoms with E-state index < -0.39 is 18.0 Å². The van der Waals surface area contributed by atoms with Crippen LogP contribution in [-0.4, -0.2) is 69.4 Å². The van der Waals surface area contributed by atoms with E-state index in [0.717, 1.165) is 21.6 Å². The van der Waals surface area contributed by atoms with Crippen LogP contribution in [-0.2, 0) is 25.6 Å². The minimum atomic E-state index is -0.575. The lowest BCUT2D eigenvalue weighted by molar-refractivity contribution is -0.145. The Balaban J connectivity index is 1.25. The van der Waals surface area contributed by atoms with Crippen molar-refractivity contribution in [2.24, 2.45) is 5.92 Å². The first-order valence-electron chi connectivity index (χ1n) is 13.0. The molecule has 3 heterocycles. The van der Waals surface area contributed by atoms with Crippen LogP contribution in [0.4, 0.5) is 10.5 Å². The summed E-state index contributed by atoms with van der Waals surface area (Å²) >= 11 is 0. The number of fused-ring (bicyclic) bond motifs is 2. The molecule has 11 nitrogen and oxygen atoms in total. The van der Waals surface area contributed by atoms with Gasteiger partial charge in [-0.15, -0.1) is 0 Å². The predicted octanol–water partition coefficient (Wildman–Crippen LogP) is 3.28. The number of benzene rings is 2. The maximum atomic E-state index is 13.8. The lowest BCUT2D eigenvalue weighted by Gasteiger charge is -2.48. The summed E-state index contributed by atoms with van der Waals surface area (Å²) in [5, 5.41) is 6.93. The fourth-order valence-corrected chi connectivity index (χ4v) is 5.60. The van der Waals surface area contributed by atoms with Crippen molar-refractivity contribution >= 4 is 23.5 Å². The number of amides is 4. The van der Waals surface area contributed by atoms with Crippen molar-refractivity contribution in [3.05, 3.63) is 65.5 Å². The molecule has 0 bridgehead atoms. The first kappa shape index (κ1) is 25.2. The number of aromatic nitrogens is 2. The van der Waals surface area contributed by atoms with E-state index in [-0.39, 0.29) is 49.8 Å². The molecule has 39 heavy (non-hydrogen) atoms. The summed E-state index contributed by atoms with van der Waals surface area (Å²) in [6, 6.07) is 13.9. The Kier molecular flexibility index (Phi) is 6.61. The Labute approximate surface area is 225 Å². The third-order valence-corrected chi connectivity index (χ3v) is 7.85. The number of hydrogen-bond donors (Lipinski definition) is 1. The van der Waals surface area contributed by atoms with Gasteiger partial charge in [-0.05, 0) is 43.9 Å². The van der Waals surface area contributed by atoms with Crippen LogP contribution < -0.4 is 5.32 Å². The molecule has 4 unspecified atom stereocenters. The second-order valence-corrected chi connectivity index (χ2v) is 10.2. The van der Waals surface area contributed by atoms with E-state index in [2.05, 4.69) is 15.5 Å². The van der Waals surface area contributed by atoms with Gasteiger partial charge in [0.1, 0.15) is 19.9 Å². The van der Waals surface area contributed by atoms with Crippen LogP contribution in [0, 0.1) is 19.8 Å². The van der Waals surface area contributed by atoms with E-state index in [0.29, 0.717) is 24.4 Å². The Bertz CT molecular complexity index is 1410. The zero-order chi connectivity index (χ0) is 27.1. The maximum Gasteiger partial charge on any atom is 0.327 e. The van der Waals surface area contributed by atoms with Gasteiger partial charge < -0.3 is 24.2 Å². The van der Waals surface area contributed by atoms with Crippen molar-refractivity contribution in [2.75, 3.05) is 18.7 Å². The Hall–Kier alpha value is -4.09. The number of urea groups is 1. The first-order chi connectivity index (χ1) is 18.9. The van der Waals surface area contributed by atoms with Gasteiger partial charge in [0.15, 0.2) is 0 Å². The molecule has 3 aromatic rings. The monoisotopic (exact) mass is 531 g/mol. The molecule has 2 aromatic carbocycles. The highest BCUT2D eigenvalue weighted by Gasteiger charge is 2.53. The molecular formula is C28H29N5O6. The second kappa shape index (κ2) is 10.2. The highest BCUT2D eigenvalue weighted by atomic mass is 16.7. The zero-order valence-electron chi connectivity index (χ0n) is 21.7.